The lowest BCUT2D eigenvalue weighted by molar-refractivity contribution is -0.121. The maximum Gasteiger partial charge on any atom is 0.220 e. The molecule has 0 aromatic carbocycles. The van der Waals surface area contributed by atoms with Gasteiger partial charge in [-0.1, -0.05) is 0 Å². The molecule has 0 spiro atoms. The van der Waals surface area contributed by atoms with Crippen molar-refractivity contribution in [2.75, 3.05) is 13.1 Å². The molecule has 20 heavy (non-hydrogen) atoms. The fraction of sp³-hybridized carbons (Fsp3) is 0.733. The fourth-order valence-corrected chi connectivity index (χ4v) is 2.85. The second-order valence-corrected chi connectivity index (χ2v) is 5.80. The highest BCUT2D eigenvalue weighted by atomic mass is 16.1. The van der Waals surface area contributed by atoms with E-state index in [1.165, 1.54) is 12.8 Å². The van der Waals surface area contributed by atoms with Crippen molar-refractivity contribution in [3.05, 3.63) is 17.0 Å². The number of aryl methyl sites for hydroxylation is 2. The van der Waals surface area contributed by atoms with Gasteiger partial charge in [0, 0.05) is 31.3 Å². The van der Waals surface area contributed by atoms with Crippen LogP contribution in [0.5, 0.6) is 0 Å². The molecule has 0 saturated carbocycles. The lowest BCUT2D eigenvalue weighted by Crippen LogP contribution is -2.31. The van der Waals surface area contributed by atoms with Crippen molar-refractivity contribution in [1.29, 1.82) is 0 Å². The van der Waals surface area contributed by atoms with Gasteiger partial charge >= 0.3 is 0 Å². The van der Waals surface area contributed by atoms with Gasteiger partial charge in [0.1, 0.15) is 0 Å². The van der Waals surface area contributed by atoms with Gasteiger partial charge in [-0.15, -0.1) is 0 Å². The number of hydrogen-bond donors (Lipinski definition) is 2. The van der Waals surface area contributed by atoms with Crippen LogP contribution in [-0.4, -0.2) is 28.8 Å². The standard InChI is InChI=1S/C15H26N4O/c1-11-14(12(2)19(3)18-11)10-17-15(20)7-6-13-5-4-8-16-9-13/h13,16H,4-10H2,1-3H3,(H,17,20). The minimum atomic E-state index is 0.151. The molecule has 0 bridgehead atoms. The highest BCUT2D eigenvalue weighted by molar-refractivity contribution is 5.75. The van der Waals surface area contributed by atoms with Crippen molar-refractivity contribution in [3.8, 4) is 0 Å². The maximum atomic E-state index is 11.9. The highest BCUT2D eigenvalue weighted by Gasteiger charge is 2.15. The zero-order chi connectivity index (χ0) is 14.5. The summed E-state index contributed by atoms with van der Waals surface area (Å²) in [6, 6.07) is 0. The first-order chi connectivity index (χ1) is 9.58. The molecule has 1 aliphatic rings. The van der Waals surface area contributed by atoms with E-state index in [9.17, 15) is 4.79 Å². The second kappa shape index (κ2) is 6.88. The molecule has 1 aliphatic heterocycles. The molecule has 2 rings (SSSR count). The van der Waals surface area contributed by atoms with E-state index in [0.717, 1.165) is 36.5 Å². The van der Waals surface area contributed by atoms with Crippen LogP contribution in [0.25, 0.3) is 0 Å². The Morgan fingerprint density at radius 2 is 2.30 bits per heavy atom. The van der Waals surface area contributed by atoms with E-state index >= 15 is 0 Å². The Kier molecular flexibility index (Phi) is 5.17. The molecule has 1 saturated heterocycles. The van der Waals surface area contributed by atoms with Crippen molar-refractivity contribution in [2.45, 2.75) is 46.1 Å². The average Bonchev–Trinajstić information content (AvgIpc) is 2.69. The quantitative estimate of drug-likeness (QED) is 0.856. The molecule has 0 radical (unpaired) electrons. The smallest absolute Gasteiger partial charge is 0.220 e. The van der Waals surface area contributed by atoms with E-state index in [-0.39, 0.29) is 5.91 Å². The summed E-state index contributed by atoms with van der Waals surface area (Å²) < 4.78 is 1.87. The zero-order valence-corrected chi connectivity index (χ0v) is 12.8. The second-order valence-electron chi connectivity index (χ2n) is 5.80. The molecule has 2 N–H and O–H groups in total. The van der Waals surface area contributed by atoms with Crippen LogP contribution in [0.15, 0.2) is 0 Å². The van der Waals surface area contributed by atoms with Gasteiger partial charge in [-0.25, -0.2) is 0 Å². The van der Waals surface area contributed by atoms with Gasteiger partial charge in [0.05, 0.1) is 5.69 Å². The molecule has 5 heteroatoms. The Morgan fingerprint density at radius 1 is 1.50 bits per heavy atom. The van der Waals surface area contributed by atoms with Gasteiger partial charge in [-0.2, -0.15) is 5.10 Å². The van der Waals surface area contributed by atoms with E-state index in [1.807, 2.05) is 25.6 Å². The summed E-state index contributed by atoms with van der Waals surface area (Å²) in [6.07, 6.45) is 4.11. The van der Waals surface area contributed by atoms with Gasteiger partial charge in [0.2, 0.25) is 5.91 Å². The van der Waals surface area contributed by atoms with Gasteiger partial charge in [-0.05, 0) is 52.1 Å². The van der Waals surface area contributed by atoms with Gasteiger partial charge in [0.25, 0.3) is 0 Å². The monoisotopic (exact) mass is 278 g/mol. The Labute approximate surface area is 121 Å². The summed E-state index contributed by atoms with van der Waals surface area (Å²) in [6.45, 7) is 6.81. The topological polar surface area (TPSA) is 59.0 Å². The van der Waals surface area contributed by atoms with Crippen molar-refractivity contribution in [1.82, 2.24) is 20.4 Å². The third-order valence-corrected chi connectivity index (χ3v) is 4.30. The largest absolute Gasteiger partial charge is 0.352 e. The van der Waals surface area contributed by atoms with Crippen LogP contribution < -0.4 is 10.6 Å². The van der Waals surface area contributed by atoms with Crippen LogP contribution in [0.3, 0.4) is 0 Å². The van der Waals surface area contributed by atoms with Gasteiger partial charge in [0.15, 0.2) is 0 Å². The summed E-state index contributed by atoms with van der Waals surface area (Å²) in [5.74, 6) is 0.814. The first-order valence-corrected chi connectivity index (χ1v) is 7.54. The molecule has 1 unspecified atom stereocenters. The van der Waals surface area contributed by atoms with Gasteiger partial charge < -0.3 is 10.6 Å². The van der Waals surface area contributed by atoms with Crippen molar-refractivity contribution in [3.63, 3.8) is 0 Å². The maximum absolute atomic E-state index is 11.9. The molecule has 5 nitrogen and oxygen atoms in total. The molecule has 1 fully saturated rings. The molecule has 2 heterocycles. The fourth-order valence-electron chi connectivity index (χ4n) is 2.85. The van der Waals surface area contributed by atoms with E-state index in [4.69, 9.17) is 0 Å². The third-order valence-electron chi connectivity index (χ3n) is 4.30. The molecule has 1 atom stereocenters. The number of amides is 1. The predicted molar refractivity (Wildman–Crippen MR) is 79.4 cm³/mol. The normalized spacial score (nSPS) is 19.1. The van der Waals surface area contributed by atoms with E-state index in [1.54, 1.807) is 0 Å². The van der Waals surface area contributed by atoms with Crippen LogP contribution in [0.2, 0.25) is 0 Å². The number of nitrogens with one attached hydrogen (secondary N) is 2. The molecule has 1 aromatic heterocycles. The summed E-state index contributed by atoms with van der Waals surface area (Å²) in [5.41, 5.74) is 3.27. The molecular formula is C15H26N4O. The SMILES string of the molecule is Cc1nn(C)c(C)c1CNC(=O)CCC1CCCNC1. The number of piperidine rings is 1. The number of rotatable bonds is 5. The van der Waals surface area contributed by atoms with Crippen molar-refractivity contribution < 1.29 is 4.79 Å². The van der Waals surface area contributed by atoms with Crippen molar-refractivity contribution in [2.24, 2.45) is 13.0 Å². The van der Waals surface area contributed by atoms with Crippen LogP contribution in [0.4, 0.5) is 0 Å². The minimum Gasteiger partial charge on any atom is -0.352 e. The molecule has 1 amide bonds. The number of nitrogens with zero attached hydrogens (tertiary/aromatic N) is 2. The Morgan fingerprint density at radius 3 is 2.90 bits per heavy atom. The number of aromatic nitrogens is 2. The number of hydrogen-bond acceptors (Lipinski definition) is 3. The predicted octanol–water partition coefficient (Wildman–Crippen LogP) is 1.43. The number of carbonyl (C=O) groups is 1. The lowest BCUT2D eigenvalue weighted by Gasteiger charge is -2.22. The van der Waals surface area contributed by atoms with Crippen LogP contribution >= 0.6 is 0 Å². The Balaban J connectivity index is 1.74. The molecule has 0 aliphatic carbocycles. The summed E-state index contributed by atoms with van der Waals surface area (Å²) in [4.78, 5) is 11.9. The van der Waals surface area contributed by atoms with Crippen LogP contribution in [0.1, 0.15) is 42.6 Å². The van der Waals surface area contributed by atoms with Crippen LogP contribution in [-0.2, 0) is 18.4 Å². The zero-order valence-electron chi connectivity index (χ0n) is 12.8. The molecular weight excluding hydrogens is 252 g/mol. The van der Waals surface area contributed by atoms with E-state index in [0.29, 0.717) is 18.9 Å². The summed E-state index contributed by atoms with van der Waals surface area (Å²) in [5, 5.41) is 10.8. The van der Waals surface area contributed by atoms with E-state index in [2.05, 4.69) is 15.7 Å². The third kappa shape index (κ3) is 3.82. The number of carbonyl (C=O) groups excluding carboxylic acids is 1. The molecule has 1 aromatic rings. The first kappa shape index (κ1) is 15.0. The van der Waals surface area contributed by atoms with Crippen LogP contribution in [0, 0.1) is 19.8 Å². The van der Waals surface area contributed by atoms with E-state index < -0.39 is 0 Å². The average molecular weight is 278 g/mol. The summed E-state index contributed by atoms with van der Waals surface area (Å²) >= 11 is 0. The van der Waals surface area contributed by atoms with Crippen molar-refractivity contribution >= 4 is 5.91 Å². The first-order valence-electron chi connectivity index (χ1n) is 7.54. The highest BCUT2D eigenvalue weighted by Crippen LogP contribution is 2.16. The molecule has 112 valence electrons. The Bertz CT molecular complexity index is 461. The minimum absolute atomic E-state index is 0.151. The van der Waals surface area contributed by atoms with Gasteiger partial charge in [-0.3, -0.25) is 9.48 Å². The lowest BCUT2D eigenvalue weighted by atomic mass is 9.94. The Hall–Kier alpha value is -1.36. The summed E-state index contributed by atoms with van der Waals surface area (Å²) in [7, 11) is 1.93.